The van der Waals surface area contributed by atoms with Gasteiger partial charge in [-0.2, -0.15) is 0 Å². The molecular formula is C28H37Cl2N5. The maximum atomic E-state index is 6.50. The number of para-hydroxylation sites is 2. The molecule has 2 unspecified atom stereocenters. The molecule has 0 radical (unpaired) electrons. The van der Waals surface area contributed by atoms with Crippen molar-refractivity contribution < 1.29 is 0 Å². The molecular weight excluding hydrogens is 477 g/mol. The lowest BCUT2D eigenvalue weighted by molar-refractivity contribution is 0.536. The van der Waals surface area contributed by atoms with Gasteiger partial charge in [-0.3, -0.25) is 4.98 Å². The number of fused-ring (bicyclic) bond motifs is 3. The second-order valence-electron chi connectivity index (χ2n) is 9.37. The van der Waals surface area contributed by atoms with Crippen molar-refractivity contribution in [3.63, 3.8) is 0 Å². The van der Waals surface area contributed by atoms with Crippen LogP contribution in [0.5, 0.6) is 0 Å². The Hall–Kier alpha value is -2.31. The molecule has 0 aliphatic heterocycles. The zero-order valence-corrected chi connectivity index (χ0v) is 22.0. The Bertz CT molecular complexity index is 1240. The van der Waals surface area contributed by atoms with Crippen molar-refractivity contribution in [1.29, 1.82) is 0 Å². The highest BCUT2D eigenvalue weighted by Gasteiger charge is 2.20. The van der Waals surface area contributed by atoms with Gasteiger partial charge in [0.2, 0.25) is 0 Å². The van der Waals surface area contributed by atoms with Crippen molar-refractivity contribution in [3.05, 3.63) is 71.5 Å². The predicted octanol–water partition coefficient (Wildman–Crippen LogP) is 5.79. The van der Waals surface area contributed by atoms with Gasteiger partial charge in [-0.1, -0.05) is 43.3 Å². The van der Waals surface area contributed by atoms with E-state index in [0.29, 0.717) is 6.04 Å². The lowest BCUT2D eigenvalue weighted by Gasteiger charge is -2.26. The molecule has 1 aliphatic carbocycles. The fourth-order valence-corrected chi connectivity index (χ4v) is 5.14. The number of aryl methyl sites for hydroxylation is 1. The van der Waals surface area contributed by atoms with E-state index in [9.17, 15) is 0 Å². The number of aromatic nitrogens is 2. The normalized spacial score (nSPS) is 14.6. The molecule has 2 aromatic heterocycles. The topological polar surface area (TPSA) is 78.8 Å². The van der Waals surface area contributed by atoms with Crippen LogP contribution < -0.4 is 16.4 Å². The van der Waals surface area contributed by atoms with E-state index >= 15 is 0 Å². The van der Waals surface area contributed by atoms with E-state index in [4.69, 9.17) is 10.7 Å². The van der Waals surface area contributed by atoms with E-state index in [0.717, 1.165) is 44.3 Å². The number of pyridine rings is 1. The third-order valence-electron chi connectivity index (χ3n) is 6.96. The van der Waals surface area contributed by atoms with Crippen molar-refractivity contribution in [1.82, 2.24) is 15.3 Å². The van der Waals surface area contributed by atoms with Gasteiger partial charge in [-0.15, -0.1) is 24.8 Å². The van der Waals surface area contributed by atoms with Gasteiger partial charge < -0.3 is 21.4 Å². The van der Waals surface area contributed by atoms with Crippen LogP contribution in [0.3, 0.4) is 0 Å². The van der Waals surface area contributed by atoms with Crippen LogP contribution in [0.25, 0.3) is 21.8 Å². The second-order valence-corrected chi connectivity index (χ2v) is 9.37. The number of halogens is 2. The Morgan fingerprint density at radius 3 is 2.54 bits per heavy atom. The summed E-state index contributed by atoms with van der Waals surface area (Å²) in [6.45, 7) is 3.94. The maximum Gasteiger partial charge on any atom is 0.0726 e. The quantitative estimate of drug-likeness (QED) is 0.228. The first-order valence-corrected chi connectivity index (χ1v) is 12.4. The Labute approximate surface area is 220 Å². The number of nitrogens with zero attached hydrogens (tertiary/aromatic N) is 1. The van der Waals surface area contributed by atoms with Gasteiger partial charge in [-0.05, 0) is 61.8 Å². The van der Waals surface area contributed by atoms with Gasteiger partial charge in [0.15, 0.2) is 0 Å². The van der Waals surface area contributed by atoms with Crippen LogP contribution >= 0.6 is 24.8 Å². The number of nitrogens with one attached hydrogen (secondary N) is 3. The highest BCUT2D eigenvalue weighted by Crippen LogP contribution is 2.33. The van der Waals surface area contributed by atoms with Gasteiger partial charge in [0.1, 0.15) is 0 Å². The first kappa shape index (κ1) is 27.3. The largest absolute Gasteiger partial charge is 0.380 e. The minimum atomic E-state index is 0. The number of H-pyrrole nitrogens is 1. The number of hydrogen-bond donors (Lipinski definition) is 4. The summed E-state index contributed by atoms with van der Waals surface area (Å²) >= 11 is 0. The Morgan fingerprint density at radius 1 is 0.971 bits per heavy atom. The van der Waals surface area contributed by atoms with Gasteiger partial charge in [-0.25, -0.2) is 0 Å². The first-order chi connectivity index (χ1) is 16.2. The summed E-state index contributed by atoms with van der Waals surface area (Å²) in [5.74, 6) is 0. The van der Waals surface area contributed by atoms with Crippen LogP contribution in [-0.4, -0.2) is 35.1 Å². The van der Waals surface area contributed by atoms with Gasteiger partial charge >= 0.3 is 0 Å². The van der Waals surface area contributed by atoms with Gasteiger partial charge in [0, 0.05) is 59.0 Å². The van der Waals surface area contributed by atoms with E-state index < -0.39 is 0 Å². The molecule has 0 bridgehead atoms. The van der Waals surface area contributed by atoms with Crippen molar-refractivity contribution >= 4 is 52.3 Å². The lowest BCUT2D eigenvalue weighted by Crippen LogP contribution is -2.40. The second kappa shape index (κ2) is 12.6. The molecule has 0 saturated heterocycles. The average Bonchev–Trinajstić information content (AvgIpc) is 3.25. The minimum Gasteiger partial charge on any atom is -0.380 e. The molecule has 188 valence electrons. The number of hydrogen-bond acceptors (Lipinski definition) is 4. The highest BCUT2D eigenvalue weighted by atomic mass is 35.5. The molecule has 5 N–H and O–H groups in total. The van der Waals surface area contributed by atoms with Crippen LogP contribution in [0, 0.1) is 0 Å². The zero-order chi connectivity index (χ0) is 22.6. The minimum absolute atomic E-state index is 0. The van der Waals surface area contributed by atoms with Crippen molar-refractivity contribution in [3.8, 4) is 0 Å². The van der Waals surface area contributed by atoms with Gasteiger partial charge in [0.25, 0.3) is 0 Å². The van der Waals surface area contributed by atoms with Gasteiger partial charge in [0.05, 0.1) is 5.52 Å². The SMILES string of the molecule is CCC(CNCC(N)Cc1c[nH]c2ccccc12)Nc1c2c(nc3ccccc13)CCCC2.Cl.Cl. The Balaban J connectivity index is 0.00000171. The smallest absolute Gasteiger partial charge is 0.0726 e. The summed E-state index contributed by atoms with van der Waals surface area (Å²) in [6.07, 6.45) is 8.71. The van der Waals surface area contributed by atoms with Crippen molar-refractivity contribution in [2.45, 2.75) is 57.5 Å². The Kier molecular flexibility index (Phi) is 9.81. The van der Waals surface area contributed by atoms with E-state index in [1.165, 1.54) is 51.6 Å². The lowest BCUT2D eigenvalue weighted by atomic mass is 9.92. The third-order valence-corrected chi connectivity index (χ3v) is 6.96. The van der Waals surface area contributed by atoms with Crippen LogP contribution in [-0.2, 0) is 19.3 Å². The number of rotatable bonds is 9. The molecule has 0 fully saturated rings. The number of benzene rings is 2. The molecule has 0 amide bonds. The molecule has 35 heavy (non-hydrogen) atoms. The number of anilines is 1. The van der Waals surface area contributed by atoms with Crippen molar-refractivity contribution in [2.75, 3.05) is 18.4 Å². The Morgan fingerprint density at radius 2 is 1.71 bits per heavy atom. The fraction of sp³-hybridized carbons (Fsp3) is 0.393. The average molecular weight is 515 g/mol. The van der Waals surface area contributed by atoms with E-state index in [2.05, 4.69) is 77.3 Å². The van der Waals surface area contributed by atoms with Crippen LogP contribution in [0.2, 0.25) is 0 Å². The summed E-state index contributed by atoms with van der Waals surface area (Å²) in [5, 5.41) is 10.0. The van der Waals surface area contributed by atoms with E-state index in [1.807, 2.05) is 0 Å². The summed E-state index contributed by atoms with van der Waals surface area (Å²) < 4.78 is 0. The standard InChI is InChI=1S/C28H35N5.2ClH/c1-2-21(18-30-17-20(29)15-19-16-31-25-12-6-3-9-22(19)25)32-28-23-10-4-7-13-26(23)33-27-14-8-5-11-24(27)28;;/h3-4,6-7,9-10,12-13,16,20-21,30-31H,2,5,8,11,14-15,17-18,29H2,1H3,(H,32,33);2*1H. The summed E-state index contributed by atoms with van der Waals surface area (Å²) in [4.78, 5) is 8.33. The van der Waals surface area contributed by atoms with Crippen molar-refractivity contribution in [2.24, 2.45) is 5.73 Å². The molecule has 4 aromatic rings. The number of aromatic amines is 1. The van der Waals surface area contributed by atoms with Crippen LogP contribution in [0.15, 0.2) is 54.7 Å². The van der Waals surface area contributed by atoms with E-state index in [1.54, 1.807) is 0 Å². The third kappa shape index (κ3) is 6.10. The molecule has 7 heteroatoms. The number of nitrogens with two attached hydrogens (primary N) is 1. The maximum absolute atomic E-state index is 6.50. The molecule has 0 saturated carbocycles. The zero-order valence-electron chi connectivity index (χ0n) is 20.3. The molecule has 1 aliphatic rings. The fourth-order valence-electron chi connectivity index (χ4n) is 5.14. The summed E-state index contributed by atoms with van der Waals surface area (Å²) in [7, 11) is 0. The first-order valence-electron chi connectivity index (χ1n) is 12.4. The van der Waals surface area contributed by atoms with E-state index in [-0.39, 0.29) is 30.9 Å². The molecule has 2 heterocycles. The highest BCUT2D eigenvalue weighted by molar-refractivity contribution is 5.93. The molecule has 0 spiro atoms. The molecule has 5 rings (SSSR count). The monoisotopic (exact) mass is 513 g/mol. The van der Waals surface area contributed by atoms with Crippen LogP contribution in [0.1, 0.15) is 43.0 Å². The molecule has 5 nitrogen and oxygen atoms in total. The predicted molar refractivity (Wildman–Crippen MR) is 153 cm³/mol. The molecule has 2 aromatic carbocycles. The molecule has 2 atom stereocenters. The van der Waals surface area contributed by atoms with Crippen LogP contribution in [0.4, 0.5) is 5.69 Å². The summed E-state index contributed by atoms with van der Waals surface area (Å²) in [5.41, 5.74) is 14.1. The summed E-state index contributed by atoms with van der Waals surface area (Å²) in [6, 6.07) is 17.4.